The van der Waals surface area contributed by atoms with Crippen molar-refractivity contribution in [1.29, 1.82) is 0 Å². The van der Waals surface area contributed by atoms with E-state index in [0.29, 0.717) is 23.8 Å². The van der Waals surface area contributed by atoms with Gasteiger partial charge < -0.3 is 10.6 Å². The Morgan fingerprint density at radius 3 is 2.50 bits per heavy atom. The van der Waals surface area contributed by atoms with Gasteiger partial charge in [0.2, 0.25) is 0 Å². The van der Waals surface area contributed by atoms with Crippen LogP contribution in [0.2, 0.25) is 0 Å². The van der Waals surface area contributed by atoms with Crippen molar-refractivity contribution in [2.24, 2.45) is 0 Å². The van der Waals surface area contributed by atoms with Crippen LogP contribution in [0.3, 0.4) is 0 Å². The molecule has 0 atom stereocenters. The molecule has 4 nitrogen and oxygen atoms in total. The summed E-state index contributed by atoms with van der Waals surface area (Å²) in [5.41, 5.74) is 4.35. The van der Waals surface area contributed by atoms with E-state index in [9.17, 15) is 4.39 Å². The molecule has 3 aromatic rings. The summed E-state index contributed by atoms with van der Waals surface area (Å²) in [5, 5.41) is 11.5. The second-order valence-corrected chi connectivity index (χ2v) is 6.50. The van der Waals surface area contributed by atoms with Crippen LogP contribution in [-0.2, 0) is 13.1 Å². The van der Waals surface area contributed by atoms with Crippen molar-refractivity contribution in [2.75, 3.05) is 5.32 Å². The van der Waals surface area contributed by atoms with E-state index in [4.69, 9.17) is 12.2 Å². The largest absolute Gasteiger partial charge is 0.358 e. The van der Waals surface area contributed by atoms with E-state index in [1.54, 1.807) is 16.8 Å². The molecule has 26 heavy (non-hydrogen) atoms. The maximum atomic E-state index is 13.9. The van der Waals surface area contributed by atoms with Gasteiger partial charge in [-0.15, -0.1) is 0 Å². The van der Waals surface area contributed by atoms with Crippen LogP contribution in [0, 0.1) is 19.7 Å². The molecule has 2 N–H and O–H groups in total. The van der Waals surface area contributed by atoms with Crippen LogP contribution in [0.1, 0.15) is 22.5 Å². The normalized spacial score (nSPS) is 10.6. The van der Waals surface area contributed by atoms with Crippen molar-refractivity contribution in [3.05, 3.63) is 82.9 Å². The number of halogens is 1. The minimum atomic E-state index is -0.227. The fourth-order valence-electron chi connectivity index (χ4n) is 2.76. The van der Waals surface area contributed by atoms with Gasteiger partial charge in [-0.1, -0.05) is 48.5 Å². The third-order valence-electron chi connectivity index (χ3n) is 4.19. The van der Waals surface area contributed by atoms with Crippen molar-refractivity contribution in [3.8, 4) is 0 Å². The highest BCUT2D eigenvalue weighted by Gasteiger charge is 2.14. The number of nitrogens with zero attached hydrogens (tertiary/aromatic N) is 2. The number of benzene rings is 2. The molecular formula is C20H21FN4S. The second kappa shape index (κ2) is 8.10. The average Bonchev–Trinajstić information content (AvgIpc) is 2.90. The van der Waals surface area contributed by atoms with Crippen LogP contribution >= 0.6 is 12.2 Å². The van der Waals surface area contributed by atoms with E-state index < -0.39 is 0 Å². The Morgan fingerprint density at radius 1 is 1.08 bits per heavy atom. The molecule has 0 saturated carbocycles. The van der Waals surface area contributed by atoms with E-state index in [-0.39, 0.29) is 5.82 Å². The fraction of sp³-hybridized carbons (Fsp3) is 0.200. The zero-order chi connectivity index (χ0) is 18.5. The molecule has 2 aromatic carbocycles. The third kappa shape index (κ3) is 4.26. The molecule has 0 aliphatic rings. The quantitative estimate of drug-likeness (QED) is 0.663. The summed E-state index contributed by atoms with van der Waals surface area (Å²) in [6.07, 6.45) is 0. The van der Waals surface area contributed by atoms with E-state index in [2.05, 4.69) is 15.7 Å². The highest BCUT2D eigenvalue weighted by Crippen LogP contribution is 2.21. The SMILES string of the molecule is Cc1nn(Cc2ccccc2F)c(C)c1NC(=S)NCc1ccccc1. The molecule has 6 heteroatoms. The Balaban J connectivity index is 1.68. The number of aryl methyl sites for hydroxylation is 1. The predicted octanol–water partition coefficient (Wildman–Crippen LogP) is 4.17. The summed E-state index contributed by atoms with van der Waals surface area (Å²) in [7, 11) is 0. The minimum absolute atomic E-state index is 0.227. The van der Waals surface area contributed by atoms with Gasteiger partial charge in [-0.25, -0.2) is 4.39 Å². The van der Waals surface area contributed by atoms with Gasteiger partial charge in [-0.2, -0.15) is 5.10 Å². The summed E-state index contributed by atoms with van der Waals surface area (Å²) in [6.45, 7) is 4.88. The maximum Gasteiger partial charge on any atom is 0.171 e. The molecule has 0 amide bonds. The summed E-state index contributed by atoms with van der Waals surface area (Å²) in [6, 6.07) is 16.8. The molecule has 134 valence electrons. The lowest BCUT2D eigenvalue weighted by molar-refractivity contribution is 0.579. The van der Waals surface area contributed by atoms with E-state index in [1.807, 2.05) is 50.2 Å². The topological polar surface area (TPSA) is 41.9 Å². The maximum absolute atomic E-state index is 13.9. The van der Waals surface area contributed by atoms with Crippen molar-refractivity contribution in [2.45, 2.75) is 26.9 Å². The van der Waals surface area contributed by atoms with Gasteiger partial charge in [0.25, 0.3) is 0 Å². The van der Waals surface area contributed by atoms with Gasteiger partial charge in [0.1, 0.15) is 5.82 Å². The third-order valence-corrected chi connectivity index (χ3v) is 4.44. The lowest BCUT2D eigenvalue weighted by Gasteiger charge is -2.11. The zero-order valence-electron chi connectivity index (χ0n) is 14.8. The highest BCUT2D eigenvalue weighted by atomic mass is 32.1. The molecule has 0 fully saturated rings. The monoisotopic (exact) mass is 368 g/mol. The van der Waals surface area contributed by atoms with Gasteiger partial charge in [0.15, 0.2) is 5.11 Å². The highest BCUT2D eigenvalue weighted by molar-refractivity contribution is 7.80. The van der Waals surface area contributed by atoms with Crippen molar-refractivity contribution in [1.82, 2.24) is 15.1 Å². The van der Waals surface area contributed by atoms with Crippen LogP contribution in [0.25, 0.3) is 0 Å². The van der Waals surface area contributed by atoms with E-state index in [0.717, 1.165) is 22.6 Å². The molecule has 0 saturated heterocycles. The van der Waals surface area contributed by atoms with Crippen LogP contribution in [-0.4, -0.2) is 14.9 Å². The molecule has 1 aromatic heterocycles. The Labute approximate surface area is 158 Å². The number of nitrogens with one attached hydrogen (secondary N) is 2. The number of thiocarbonyl (C=S) groups is 1. The van der Waals surface area contributed by atoms with Crippen LogP contribution < -0.4 is 10.6 Å². The molecule has 3 rings (SSSR count). The Hall–Kier alpha value is -2.73. The Bertz CT molecular complexity index is 905. The van der Waals surface area contributed by atoms with E-state index in [1.165, 1.54) is 6.07 Å². The van der Waals surface area contributed by atoms with Crippen molar-refractivity contribution >= 4 is 23.0 Å². The van der Waals surface area contributed by atoms with Gasteiger partial charge in [0.05, 0.1) is 23.6 Å². The van der Waals surface area contributed by atoms with Crippen LogP contribution in [0.5, 0.6) is 0 Å². The van der Waals surface area contributed by atoms with E-state index >= 15 is 0 Å². The number of anilines is 1. The summed E-state index contributed by atoms with van der Waals surface area (Å²) in [4.78, 5) is 0. The van der Waals surface area contributed by atoms with Crippen molar-refractivity contribution in [3.63, 3.8) is 0 Å². The summed E-state index contributed by atoms with van der Waals surface area (Å²) in [5.74, 6) is -0.227. The Morgan fingerprint density at radius 2 is 1.77 bits per heavy atom. The average molecular weight is 368 g/mol. The number of hydrogen-bond acceptors (Lipinski definition) is 2. The first-order chi connectivity index (χ1) is 12.5. The standard InChI is InChI=1S/C20H21FN4S/c1-14-19(23-20(26)22-12-16-8-4-3-5-9-16)15(2)25(24-14)13-17-10-6-7-11-18(17)21/h3-11H,12-13H2,1-2H3,(H2,22,23,26). The molecule has 1 heterocycles. The molecule has 0 aliphatic heterocycles. The lowest BCUT2D eigenvalue weighted by Crippen LogP contribution is -2.28. The molecule has 0 aliphatic carbocycles. The molecule has 0 spiro atoms. The van der Waals surface area contributed by atoms with Crippen molar-refractivity contribution < 1.29 is 4.39 Å². The first-order valence-electron chi connectivity index (χ1n) is 8.41. The van der Waals surface area contributed by atoms with Gasteiger partial charge >= 0.3 is 0 Å². The molecule has 0 unspecified atom stereocenters. The number of rotatable bonds is 5. The fourth-order valence-corrected chi connectivity index (χ4v) is 2.93. The van der Waals surface area contributed by atoms with Crippen LogP contribution in [0.15, 0.2) is 54.6 Å². The number of aromatic nitrogens is 2. The first kappa shape index (κ1) is 18.1. The van der Waals surface area contributed by atoms with Gasteiger partial charge in [-0.3, -0.25) is 4.68 Å². The Kier molecular flexibility index (Phi) is 5.63. The molecular weight excluding hydrogens is 347 g/mol. The number of hydrogen-bond donors (Lipinski definition) is 2. The molecule has 0 radical (unpaired) electrons. The predicted molar refractivity (Wildman–Crippen MR) is 107 cm³/mol. The van der Waals surface area contributed by atoms with Crippen LogP contribution in [0.4, 0.5) is 10.1 Å². The molecule has 0 bridgehead atoms. The minimum Gasteiger partial charge on any atom is -0.358 e. The zero-order valence-corrected chi connectivity index (χ0v) is 15.6. The summed E-state index contributed by atoms with van der Waals surface area (Å²) >= 11 is 5.39. The van der Waals surface area contributed by atoms with Gasteiger partial charge in [0, 0.05) is 12.1 Å². The lowest BCUT2D eigenvalue weighted by atomic mass is 10.2. The first-order valence-corrected chi connectivity index (χ1v) is 8.81. The summed E-state index contributed by atoms with van der Waals surface area (Å²) < 4.78 is 15.7. The smallest absolute Gasteiger partial charge is 0.171 e. The van der Waals surface area contributed by atoms with Gasteiger partial charge in [-0.05, 0) is 37.7 Å². The second-order valence-electron chi connectivity index (χ2n) is 6.09.